The molecule has 0 fully saturated rings. The molecule has 0 radical (unpaired) electrons. The van der Waals surface area contributed by atoms with Gasteiger partial charge in [-0.3, -0.25) is 0 Å². The summed E-state index contributed by atoms with van der Waals surface area (Å²) in [5, 5.41) is 0. The van der Waals surface area contributed by atoms with Crippen LogP contribution in [0.2, 0.25) is 0 Å². The van der Waals surface area contributed by atoms with Crippen LogP contribution < -0.4 is 0 Å². The lowest BCUT2D eigenvalue weighted by molar-refractivity contribution is -0.458. The van der Waals surface area contributed by atoms with Crippen LogP contribution in [0.25, 0.3) is 0 Å². The summed E-state index contributed by atoms with van der Waals surface area (Å²) in [6, 6.07) is 9.52. The van der Waals surface area contributed by atoms with Gasteiger partial charge in [0.1, 0.15) is 0 Å². The summed E-state index contributed by atoms with van der Waals surface area (Å²) in [6.45, 7) is 0. The molecule has 3 rings (SSSR count). The molecule has 1 atom stereocenters. The lowest BCUT2D eigenvalue weighted by Crippen LogP contribution is -2.16. The van der Waals surface area contributed by atoms with Crippen molar-refractivity contribution in [1.82, 2.24) is 0 Å². The predicted octanol–water partition coefficient (Wildman–Crippen LogP) is 2.72. The van der Waals surface area contributed by atoms with E-state index in [0.717, 1.165) is 6.04 Å². The Kier molecular flexibility index (Phi) is 2.10. The smallest absolute Gasteiger partial charge is 0.177 e. The molecule has 0 aromatic heterocycles. The number of fused-ring (bicyclic) bond motifs is 3. The van der Waals surface area contributed by atoms with Gasteiger partial charge < -0.3 is 0 Å². The minimum absolute atomic E-state index is 0.722. The maximum atomic E-state index is 2.52. The molecule has 0 spiro atoms. The zero-order chi connectivity index (χ0) is 9.54. The van der Waals surface area contributed by atoms with E-state index in [1.165, 1.54) is 27.8 Å². The van der Waals surface area contributed by atoms with Gasteiger partial charge in [-0.05, 0) is 18.0 Å². The average molecular weight is 222 g/mol. The molecule has 3 heteroatoms. The minimum Gasteiger partial charge on any atom is -0.177 e. The Morgan fingerprint density at radius 1 is 1.43 bits per heavy atom. The van der Waals surface area contributed by atoms with Crippen molar-refractivity contribution in [2.24, 2.45) is 0 Å². The molecular formula is C11H12NS2+. The van der Waals surface area contributed by atoms with Crippen LogP contribution in [0.1, 0.15) is 5.56 Å². The summed E-state index contributed by atoms with van der Waals surface area (Å²) in [5.74, 6) is 1.25. The van der Waals surface area contributed by atoms with Crippen LogP contribution in [-0.4, -0.2) is 27.0 Å². The van der Waals surface area contributed by atoms with Crippen LogP contribution in [-0.2, 0) is 6.42 Å². The first-order valence-electron chi connectivity index (χ1n) is 4.81. The van der Waals surface area contributed by atoms with Gasteiger partial charge in [0.15, 0.2) is 6.04 Å². The third kappa shape index (κ3) is 1.15. The van der Waals surface area contributed by atoms with Crippen molar-refractivity contribution >= 4 is 33.6 Å². The normalized spacial score (nSPS) is 23.9. The quantitative estimate of drug-likeness (QED) is 0.621. The number of benzene rings is 1. The van der Waals surface area contributed by atoms with E-state index in [-0.39, 0.29) is 0 Å². The van der Waals surface area contributed by atoms with E-state index in [4.69, 9.17) is 0 Å². The summed E-state index contributed by atoms with van der Waals surface area (Å²) in [6.07, 6.45) is 3.40. The number of nitrogens with zero attached hydrogens (tertiary/aromatic N) is 1. The maximum Gasteiger partial charge on any atom is 0.276 e. The van der Waals surface area contributed by atoms with Crippen LogP contribution in [0.15, 0.2) is 24.3 Å². The zero-order valence-electron chi connectivity index (χ0n) is 8.06. The van der Waals surface area contributed by atoms with Crippen molar-refractivity contribution in [2.45, 2.75) is 12.5 Å². The molecule has 1 nitrogen and oxygen atoms in total. The fourth-order valence-electron chi connectivity index (χ4n) is 2.24. The summed E-state index contributed by atoms with van der Waals surface area (Å²) in [7, 11) is 0. The van der Waals surface area contributed by atoms with Crippen LogP contribution in [0.5, 0.6) is 0 Å². The first-order valence-corrected chi connectivity index (χ1v) is 7.02. The van der Waals surface area contributed by atoms with Gasteiger partial charge in [0.25, 0.3) is 4.38 Å². The molecule has 2 aliphatic heterocycles. The topological polar surface area (TPSA) is 3.01 Å². The van der Waals surface area contributed by atoms with Crippen molar-refractivity contribution in [1.29, 1.82) is 0 Å². The van der Waals surface area contributed by atoms with E-state index in [0.29, 0.717) is 0 Å². The molecule has 2 aliphatic rings. The van der Waals surface area contributed by atoms with E-state index in [2.05, 4.69) is 35.1 Å². The minimum atomic E-state index is 0.722. The van der Waals surface area contributed by atoms with Crippen molar-refractivity contribution in [3.8, 4) is 0 Å². The lowest BCUT2D eigenvalue weighted by Gasteiger charge is -1.97. The molecule has 0 amide bonds. The highest BCUT2D eigenvalue weighted by molar-refractivity contribution is 8.38. The lowest BCUT2D eigenvalue weighted by atomic mass is 10.1. The van der Waals surface area contributed by atoms with Crippen molar-refractivity contribution in [3.63, 3.8) is 0 Å². The van der Waals surface area contributed by atoms with Gasteiger partial charge >= 0.3 is 0 Å². The Labute approximate surface area is 92.6 Å². The molecule has 0 N–H and O–H groups in total. The zero-order valence-corrected chi connectivity index (χ0v) is 9.70. The number of para-hydroxylation sites is 1. The third-order valence-electron chi connectivity index (χ3n) is 2.84. The van der Waals surface area contributed by atoms with E-state index in [1.54, 1.807) is 0 Å². The molecule has 0 saturated heterocycles. The van der Waals surface area contributed by atoms with Crippen LogP contribution in [0.3, 0.4) is 0 Å². The Morgan fingerprint density at radius 2 is 2.29 bits per heavy atom. The van der Waals surface area contributed by atoms with Gasteiger partial charge in [0.2, 0.25) is 5.69 Å². The van der Waals surface area contributed by atoms with Gasteiger partial charge in [-0.1, -0.05) is 30.0 Å². The summed E-state index contributed by atoms with van der Waals surface area (Å²) in [4.78, 5) is 0. The number of thioether (sulfide) groups is 2. The maximum absolute atomic E-state index is 2.52. The molecule has 2 heterocycles. The van der Waals surface area contributed by atoms with Gasteiger partial charge in [0, 0.05) is 18.1 Å². The predicted molar refractivity (Wildman–Crippen MR) is 64.8 cm³/mol. The second kappa shape index (κ2) is 3.31. The number of hydrogen-bond donors (Lipinski definition) is 0. The van der Waals surface area contributed by atoms with E-state index >= 15 is 0 Å². The van der Waals surface area contributed by atoms with Gasteiger partial charge in [0.05, 0.1) is 5.75 Å². The monoisotopic (exact) mass is 222 g/mol. The Balaban J connectivity index is 2.18. The molecule has 1 aromatic carbocycles. The average Bonchev–Trinajstić information content (AvgIpc) is 2.75. The largest absolute Gasteiger partial charge is 0.276 e. The van der Waals surface area contributed by atoms with Crippen LogP contribution in [0, 0.1) is 0 Å². The first-order chi connectivity index (χ1) is 6.90. The highest BCUT2D eigenvalue weighted by Crippen LogP contribution is 2.39. The van der Waals surface area contributed by atoms with Gasteiger partial charge in [-0.15, -0.1) is 0 Å². The molecule has 72 valence electrons. The van der Waals surface area contributed by atoms with Gasteiger partial charge in [-0.25, -0.2) is 0 Å². The molecule has 0 unspecified atom stereocenters. The van der Waals surface area contributed by atoms with E-state index < -0.39 is 0 Å². The SMILES string of the molecule is CSC1=[N+]2c3ccccc3C[C@H]2CS1. The van der Waals surface area contributed by atoms with Crippen molar-refractivity contribution in [3.05, 3.63) is 29.8 Å². The number of rotatable bonds is 0. The standard InChI is InChI=1S/C11H12NS2/c1-13-11-12-9(7-14-11)6-8-4-2-3-5-10(8)12/h2-5,9H,6-7H2,1H3/q+1/t9-/m0/s1. The molecule has 0 bridgehead atoms. The molecule has 0 saturated carbocycles. The molecule has 14 heavy (non-hydrogen) atoms. The van der Waals surface area contributed by atoms with Crippen molar-refractivity contribution < 1.29 is 4.58 Å². The summed E-state index contributed by atoms with van der Waals surface area (Å²) < 4.78 is 3.99. The summed E-state index contributed by atoms with van der Waals surface area (Å²) in [5.41, 5.74) is 2.95. The van der Waals surface area contributed by atoms with E-state index in [9.17, 15) is 0 Å². The van der Waals surface area contributed by atoms with E-state index in [1.807, 2.05) is 23.5 Å². The highest BCUT2D eigenvalue weighted by atomic mass is 32.2. The second-order valence-corrected chi connectivity index (χ2v) is 5.70. The van der Waals surface area contributed by atoms with Crippen LogP contribution >= 0.6 is 23.5 Å². The van der Waals surface area contributed by atoms with Gasteiger partial charge in [-0.2, -0.15) is 4.58 Å². The molecular weight excluding hydrogens is 210 g/mol. The second-order valence-electron chi connectivity index (χ2n) is 3.64. The third-order valence-corrected chi connectivity index (χ3v) is 5.24. The number of hydrogen-bond acceptors (Lipinski definition) is 2. The Morgan fingerprint density at radius 3 is 3.14 bits per heavy atom. The highest BCUT2D eigenvalue weighted by Gasteiger charge is 2.41. The molecule has 0 aliphatic carbocycles. The fraction of sp³-hybridized carbons (Fsp3) is 0.364. The Bertz CT molecular complexity index is 412. The first kappa shape index (κ1) is 8.86. The van der Waals surface area contributed by atoms with Crippen molar-refractivity contribution in [2.75, 3.05) is 12.0 Å². The fourth-order valence-corrected chi connectivity index (χ4v) is 4.34. The summed E-state index contributed by atoms with van der Waals surface area (Å²) >= 11 is 3.88. The Hall–Kier alpha value is -0.410. The molecule has 1 aromatic rings. The van der Waals surface area contributed by atoms with Crippen LogP contribution in [0.4, 0.5) is 5.69 Å².